The number of aromatic nitrogens is 5. The average molecular weight is 688 g/mol. The van der Waals surface area contributed by atoms with Crippen LogP contribution in [0.2, 0.25) is 0 Å². The number of hydrogen-bond acceptors (Lipinski definition) is 5. The molecule has 5 aromatic heterocycles. The maximum Gasteiger partial charge on any atom is 0.0972 e. The Bertz CT molecular complexity index is 3300. The van der Waals surface area contributed by atoms with Crippen LogP contribution >= 0.6 is 0 Å². The van der Waals surface area contributed by atoms with Crippen LogP contribution in [-0.4, -0.2) is 24.9 Å². The van der Waals surface area contributed by atoms with Crippen molar-refractivity contribution in [2.24, 2.45) is 0 Å². The molecule has 5 heteroatoms. The van der Waals surface area contributed by atoms with E-state index in [-0.39, 0.29) is 0 Å². The standard InChI is InChI=1S/C49H29N5/c1-4-10-42-35(6-1)27-37(29-51-42)44-21-15-30-11-14-34(28-47(30)53-44)33-17-22-43-36(26-33)18-24-45(52-43)40-19-20-41(39-9-3-2-8-38(39)40)46-23-16-32-13-12-31-7-5-25-50-48(31)49(32)54-46/h1-29H. The monoisotopic (exact) mass is 687 g/mol. The van der Waals surface area contributed by atoms with E-state index in [4.69, 9.17) is 15.0 Å². The SMILES string of the molecule is c1ccc2ncc(-c3ccc4ccc(-c5ccc6nc(-c7ccc(-c8ccc9ccc%10cccnc%10c9n8)c8ccccc78)ccc6c5)cc4n3)cc2c1. The van der Waals surface area contributed by atoms with E-state index in [1.165, 1.54) is 0 Å². The third-order valence-electron chi connectivity index (χ3n) is 10.5. The molecule has 0 saturated carbocycles. The first-order chi connectivity index (χ1) is 26.7. The molecule has 11 rings (SSSR count). The van der Waals surface area contributed by atoms with E-state index in [9.17, 15) is 0 Å². The van der Waals surface area contributed by atoms with Gasteiger partial charge < -0.3 is 0 Å². The zero-order chi connectivity index (χ0) is 35.6. The minimum Gasteiger partial charge on any atom is -0.256 e. The molecule has 0 aliphatic rings. The van der Waals surface area contributed by atoms with Crippen LogP contribution in [0.5, 0.6) is 0 Å². The molecule has 6 aromatic carbocycles. The van der Waals surface area contributed by atoms with E-state index in [1.54, 1.807) is 0 Å². The lowest BCUT2D eigenvalue weighted by atomic mass is 9.95. The second-order valence-electron chi connectivity index (χ2n) is 13.7. The van der Waals surface area contributed by atoms with Crippen molar-refractivity contribution in [1.82, 2.24) is 24.9 Å². The van der Waals surface area contributed by atoms with Crippen LogP contribution in [0, 0.1) is 0 Å². The molecule has 0 aliphatic carbocycles. The molecule has 0 aliphatic heterocycles. The summed E-state index contributed by atoms with van der Waals surface area (Å²) >= 11 is 0. The van der Waals surface area contributed by atoms with Crippen molar-refractivity contribution in [2.75, 3.05) is 0 Å². The van der Waals surface area contributed by atoms with Gasteiger partial charge in [-0.2, -0.15) is 0 Å². The molecule has 0 unspecified atom stereocenters. The highest BCUT2D eigenvalue weighted by atomic mass is 14.8. The Hall–Kier alpha value is -7.37. The van der Waals surface area contributed by atoms with Crippen LogP contribution in [0.3, 0.4) is 0 Å². The fraction of sp³-hybridized carbons (Fsp3) is 0. The third kappa shape index (κ3) is 5.06. The summed E-state index contributed by atoms with van der Waals surface area (Å²) in [5.74, 6) is 0. The van der Waals surface area contributed by atoms with Crippen LogP contribution < -0.4 is 0 Å². The lowest BCUT2D eigenvalue weighted by Crippen LogP contribution is -1.92. The normalized spacial score (nSPS) is 11.7. The molecule has 0 N–H and O–H groups in total. The Labute approximate surface area is 310 Å². The van der Waals surface area contributed by atoms with Gasteiger partial charge in [0, 0.05) is 56.0 Å². The van der Waals surface area contributed by atoms with E-state index in [0.29, 0.717) is 0 Å². The van der Waals surface area contributed by atoms with Crippen LogP contribution in [0.25, 0.3) is 110 Å². The quantitative estimate of drug-likeness (QED) is 0.172. The lowest BCUT2D eigenvalue weighted by Gasteiger charge is -2.13. The number of para-hydroxylation sites is 1. The Morgan fingerprint density at radius 2 is 0.907 bits per heavy atom. The minimum atomic E-state index is 0.910. The summed E-state index contributed by atoms with van der Waals surface area (Å²) in [7, 11) is 0. The van der Waals surface area contributed by atoms with Crippen LogP contribution in [0.1, 0.15) is 0 Å². The average Bonchev–Trinajstić information content (AvgIpc) is 3.25. The third-order valence-corrected chi connectivity index (χ3v) is 10.5. The van der Waals surface area contributed by atoms with Crippen LogP contribution in [0.4, 0.5) is 0 Å². The molecule has 0 fully saturated rings. The largest absolute Gasteiger partial charge is 0.256 e. The molecular weight excluding hydrogens is 659 g/mol. The Balaban J connectivity index is 0.944. The predicted octanol–water partition coefficient (Wildman–Crippen LogP) is 12.2. The summed E-state index contributed by atoms with van der Waals surface area (Å²) < 4.78 is 0. The highest BCUT2D eigenvalue weighted by molar-refractivity contribution is 6.07. The van der Waals surface area contributed by atoms with Crippen molar-refractivity contribution in [3.05, 3.63) is 176 Å². The molecule has 0 saturated heterocycles. The molecule has 0 bridgehead atoms. The highest BCUT2D eigenvalue weighted by Gasteiger charge is 2.14. The zero-order valence-electron chi connectivity index (χ0n) is 29.0. The van der Waals surface area contributed by atoms with Gasteiger partial charge in [0.25, 0.3) is 0 Å². The molecule has 0 radical (unpaired) electrons. The summed E-state index contributed by atoms with van der Waals surface area (Å²) in [6.45, 7) is 0. The molecule has 11 aromatic rings. The summed E-state index contributed by atoms with van der Waals surface area (Å²) in [4.78, 5) is 24.7. The topological polar surface area (TPSA) is 64.5 Å². The molecule has 5 heterocycles. The smallest absolute Gasteiger partial charge is 0.0972 e. The van der Waals surface area contributed by atoms with E-state index in [0.717, 1.165) is 110 Å². The molecular formula is C49H29N5. The Morgan fingerprint density at radius 1 is 0.315 bits per heavy atom. The van der Waals surface area contributed by atoms with E-state index >= 15 is 0 Å². The van der Waals surface area contributed by atoms with Crippen LogP contribution in [-0.2, 0) is 0 Å². The summed E-state index contributed by atoms with van der Waals surface area (Å²) in [6, 6.07) is 57.2. The van der Waals surface area contributed by atoms with Gasteiger partial charge in [-0.15, -0.1) is 0 Å². The first-order valence-corrected chi connectivity index (χ1v) is 18.1. The van der Waals surface area contributed by atoms with Crippen molar-refractivity contribution in [3.8, 4) is 44.9 Å². The molecule has 0 amide bonds. The van der Waals surface area contributed by atoms with E-state index in [1.807, 2.05) is 36.7 Å². The first-order valence-electron chi connectivity index (χ1n) is 18.1. The minimum absolute atomic E-state index is 0.910. The number of hydrogen-bond donors (Lipinski definition) is 0. The van der Waals surface area contributed by atoms with Gasteiger partial charge >= 0.3 is 0 Å². The van der Waals surface area contributed by atoms with Gasteiger partial charge in [-0.1, -0.05) is 109 Å². The van der Waals surface area contributed by atoms with Gasteiger partial charge in [0.1, 0.15) is 0 Å². The number of pyridine rings is 5. The summed E-state index contributed by atoms with van der Waals surface area (Å²) in [5, 5.41) is 7.73. The van der Waals surface area contributed by atoms with Crippen molar-refractivity contribution >= 4 is 65.3 Å². The van der Waals surface area contributed by atoms with Crippen molar-refractivity contribution in [2.45, 2.75) is 0 Å². The van der Waals surface area contributed by atoms with Gasteiger partial charge in [-0.05, 0) is 76.5 Å². The maximum absolute atomic E-state index is 5.18. The summed E-state index contributed by atoms with van der Waals surface area (Å²) in [5.41, 5.74) is 12.9. The van der Waals surface area contributed by atoms with Crippen molar-refractivity contribution < 1.29 is 0 Å². The summed E-state index contributed by atoms with van der Waals surface area (Å²) in [6.07, 6.45) is 3.74. The fourth-order valence-electron chi connectivity index (χ4n) is 7.74. The van der Waals surface area contributed by atoms with Crippen LogP contribution in [0.15, 0.2) is 176 Å². The van der Waals surface area contributed by atoms with Gasteiger partial charge in [0.15, 0.2) is 0 Å². The van der Waals surface area contributed by atoms with Crippen molar-refractivity contribution in [3.63, 3.8) is 0 Å². The van der Waals surface area contributed by atoms with Gasteiger partial charge in [-0.3, -0.25) is 9.97 Å². The number of nitrogens with zero attached hydrogens (tertiary/aromatic N) is 5. The molecule has 5 nitrogen and oxygen atoms in total. The number of rotatable bonds is 4. The fourth-order valence-corrected chi connectivity index (χ4v) is 7.74. The van der Waals surface area contributed by atoms with Gasteiger partial charge in [0.2, 0.25) is 0 Å². The van der Waals surface area contributed by atoms with E-state index < -0.39 is 0 Å². The first kappa shape index (κ1) is 30.3. The Morgan fingerprint density at radius 3 is 1.78 bits per heavy atom. The molecule has 54 heavy (non-hydrogen) atoms. The van der Waals surface area contributed by atoms with Gasteiger partial charge in [0.05, 0.1) is 44.7 Å². The molecule has 250 valence electrons. The second kappa shape index (κ2) is 12.1. The predicted molar refractivity (Wildman–Crippen MR) is 222 cm³/mol. The molecule has 0 spiro atoms. The van der Waals surface area contributed by atoms with E-state index in [2.05, 4.69) is 149 Å². The maximum atomic E-state index is 5.18. The second-order valence-corrected chi connectivity index (χ2v) is 13.7. The highest BCUT2D eigenvalue weighted by Crippen LogP contribution is 2.37. The number of fused-ring (bicyclic) bond motifs is 7. The zero-order valence-corrected chi connectivity index (χ0v) is 29.0. The van der Waals surface area contributed by atoms with Gasteiger partial charge in [-0.25, -0.2) is 15.0 Å². The lowest BCUT2D eigenvalue weighted by molar-refractivity contribution is 1.35. The molecule has 0 atom stereocenters. The van der Waals surface area contributed by atoms with Crippen molar-refractivity contribution in [1.29, 1.82) is 0 Å². The number of benzene rings is 6. The Kier molecular flexibility index (Phi) is 6.79.